The first-order valence-electron chi connectivity index (χ1n) is 7.76. The van der Waals surface area contributed by atoms with E-state index < -0.39 is 11.9 Å². The van der Waals surface area contributed by atoms with E-state index in [9.17, 15) is 9.90 Å². The van der Waals surface area contributed by atoms with Crippen molar-refractivity contribution in [3.8, 4) is 11.8 Å². The third-order valence-corrected chi connectivity index (χ3v) is 4.22. The number of hydrogen-bond donors (Lipinski definition) is 1. The van der Waals surface area contributed by atoms with Gasteiger partial charge in [-0.2, -0.15) is 5.26 Å². The van der Waals surface area contributed by atoms with E-state index in [1.165, 1.54) is 0 Å². The van der Waals surface area contributed by atoms with Gasteiger partial charge in [-0.1, -0.05) is 6.92 Å². The van der Waals surface area contributed by atoms with Crippen LogP contribution in [0.3, 0.4) is 0 Å². The van der Waals surface area contributed by atoms with Crippen molar-refractivity contribution in [3.63, 3.8) is 0 Å². The Kier molecular flexibility index (Phi) is 4.05. The Labute approximate surface area is 139 Å². The normalized spacial score (nSPS) is 12.0. The van der Waals surface area contributed by atoms with E-state index in [1.807, 2.05) is 42.7 Å². The van der Waals surface area contributed by atoms with Crippen molar-refractivity contribution in [2.24, 2.45) is 0 Å². The van der Waals surface area contributed by atoms with Crippen molar-refractivity contribution in [1.82, 2.24) is 9.55 Å². The number of carboxylic acids is 1. The molecule has 0 radical (unpaired) electrons. The Hall–Kier alpha value is -3.13. The molecule has 0 aliphatic heterocycles. The summed E-state index contributed by atoms with van der Waals surface area (Å²) in [6, 6.07) is 13.3. The number of nitriles is 1. The first kappa shape index (κ1) is 15.8. The Balaban J connectivity index is 2.18. The zero-order valence-corrected chi connectivity index (χ0v) is 13.5. The zero-order chi connectivity index (χ0) is 17.3. The maximum Gasteiger partial charge on any atom is 0.311 e. The van der Waals surface area contributed by atoms with Crippen LogP contribution in [-0.4, -0.2) is 20.6 Å². The monoisotopic (exact) mass is 319 g/mol. The van der Waals surface area contributed by atoms with Gasteiger partial charge in [-0.05, 0) is 55.3 Å². The summed E-state index contributed by atoms with van der Waals surface area (Å²) in [5.74, 6) is -1.40. The number of aliphatic carboxylic acids is 1. The molecule has 1 N–H and O–H groups in total. The summed E-state index contributed by atoms with van der Waals surface area (Å²) in [5, 5.41) is 18.3. The van der Waals surface area contributed by atoms with E-state index >= 15 is 0 Å². The van der Waals surface area contributed by atoms with Gasteiger partial charge in [0.15, 0.2) is 0 Å². The number of benzene rings is 1. The number of fused-ring (bicyclic) bond motifs is 1. The maximum absolute atomic E-state index is 11.4. The summed E-state index contributed by atoms with van der Waals surface area (Å²) in [4.78, 5) is 15.9. The minimum Gasteiger partial charge on any atom is -0.481 e. The van der Waals surface area contributed by atoms with E-state index in [4.69, 9.17) is 5.26 Å². The number of aromatic nitrogens is 2. The van der Waals surface area contributed by atoms with Crippen LogP contribution in [0.25, 0.3) is 16.7 Å². The standard InChI is InChI=1S/C19H17N3O2/c1-3-16(19(23)24)14-9-18-17(21-11-14)8-12(2)22(18)15-6-4-13(10-20)5-7-15/h4-9,11,16H,3H2,1-2H3,(H,23,24). The number of rotatable bonds is 4. The van der Waals surface area contributed by atoms with Crippen molar-refractivity contribution in [2.75, 3.05) is 0 Å². The fourth-order valence-electron chi connectivity index (χ4n) is 2.99. The summed E-state index contributed by atoms with van der Waals surface area (Å²) in [7, 11) is 0. The molecule has 0 bridgehead atoms. The lowest BCUT2D eigenvalue weighted by molar-refractivity contribution is -0.138. The second-order valence-corrected chi connectivity index (χ2v) is 5.75. The largest absolute Gasteiger partial charge is 0.481 e. The van der Waals surface area contributed by atoms with Gasteiger partial charge in [-0.3, -0.25) is 9.78 Å². The average Bonchev–Trinajstić information content (AvgIpc) is 2.90. The molecule has 0 saturated carbocycles. The number of pyridine rings is 1. The lowest BCUT2D eigenvalue weighted by atomic mass is 9.98. The van der Waals surface area contributed by atoms with Gasteiger partial charge < -0.3 is 9.67 Å². The maximum atomic E-state index is 11.4. The Morgan fingerprint density at radius 3 is 2.62 bits per heavy atom. The number of carboxylic acid groups (broad SMARTS) is 1. The van der Waals surface area contributed by atoms with Crippen molar-refractivity contribution in [2.45, 2.75) is 26.2 Å². The minimum atomic E-state index is -0.841. The molecule has 1 atom stereocenters. The summed E-state index contributed by atoms with van der Waals surface area (Å²) in [6.07, 6.45) is 2.16. The molecule has 0 amide bonds. The van der Waals surface area contributed by atoms with E-state index in [-0.39, 0.29) is 0 Å². The van der Waals surface area contributed by atoms with Gasteiger partial charge >= 0.3 is 5.97 Å². The van der Waals surface area contributed by atoms with Crippen LogP contribution >= 0.6 is 0 Å². The number of hydrogen-bond acceptors (Lipinski definition) is 3. The van der Waals surface area contributed by atoms with Crippen LogP contribution in [0, 0.1) is 18.3 Å². The third-order valence-electron chi connectivity index (χ3n) is 4.22. The molecule has 120 valence electrons. The minimum absolute atomic E-state index is 0.513. The van der Waals surface area contributed by atoms with Gasteiger partial charge in [0.2, 0.25) is 0 Å². The average molecular weight is 319 g/mol. The first-order valence-corrected chi connectivity index (χ1v) is 7.76. The van der Waals surface area contributed by atoms with Crippen LogP contribution in [0.1, 0.15) is 36.1 Å². The summed E-state index contributed by atoms with van der Waals surface area (Å²) < 4.78 is 2.03. The van der Waals surface area contributed by atoms with E-state index in [2.05, 4.69) is 11.1 Å². The number of carbonyl (C=O) groups is 1. The molecule has 0 spiro atoms. The third kappa shape index (κ3) is 2.63. The molecule has 0 saturated heterocycles. The number of aryl methyl sites for hydroxylation is 1. The van der Waals surface area contributed by atoms with Crippen molar-refractivity contribution >= 4 is 17.0 Å². The zero-order valence-electron chi connectivity index (χ0n) is 13.5. The van der Waals surface area contributed by atoms with Crippen LogP contribution in [0.5, 0.6) is 0 Å². The Morgan fingerprint density at radius 2 is 2.04 bits per heavy atom. The van der Waals surface area contributed by atoms with Gasteiger partial charge in [0.1, 0.15) is 0 Å². The van der Waals surface area contributed by atoms with Gasteiger partial charge in [0.05, 0.1) is 28.6 Å². The Morgan fingerprint density at radius 1 is 1.33 bits per heavy atom. The molecule has 1 unspecified atom stereocenters. The predicted octanol–water partition coefficient (Wildman–Crippen LogP) is 3.78. The molecule has 2 heterocycles. The SMILES string of the molecule is CCC(C(=O)O)c1cnc2cc(C)n(-c3ccc(C#N)cc3)c2c1. The van der Waals surface area contributed by atoms with Gasteiger partial charge in [0, 0.05) is 17.6 Å². The van der Waals surface area contributed by atoms with Crippen LogP contribution in [-0.2, 0) is 4.79 Å². The fourth-order valence-corrected chi connectivity index (χ4v) is 2.99. The van der Waals surface area contributed by atoms with Gasteiger partial charge in [-0.15, -0.1) is 0 Å². The van der Waals surface area contributed by atoms with E-state index in [1.54, 1.807) is 18.3 Å². The quantitative estimate of drug-likeness (QED) is 0.793. The van der Waals surface area contributed by atoms with E-state index in [0.717, 1.165) is 22.4 Å². The number of nitrogens with zero attached hydrogens (tertiary/aromatic N) is 3. The summed E-state index contributed by atoms with van der Waals surface area (Å²) in [6.45, 7) is 3.84. The molecule has 0 aliphatic rings. The van der Waals surface area contributed by atoms with E-state index in [0.29, 0.717) is 17.5 Å². The molecule has 5 nitrogen and oxygen atoms in total. The second kappa shape index (κ2) is 6.17. The van der Waals surface area contributed by atoms with Crippen LogP contribution in [0.2, 0.25) is 0 Å². The van der Waals surface area contributed by atoms with Crippen molar-refractivity contribution in [1.29, 1.82) is 5.26 Å². The summed E-state index contributed by atoms with van der Waals surface area (Å²) in [5.41, 5.74) is 4.91. The highest BCUT2D eigenvalue weighted by Gasteiger charge is 2.19. The van der Waals surface area contributed by atoms with Crippen molar-refractivity contribution in [3.05, 3.63) is 59.4 Å². The van der Waals surface area contributed by atoms with Crippen LogP contribution in [0.15, 0.2) is 42.6 Å². The lowest BCUT2D eigenvalue weighted by Gasteiger charge is -2.12. The molecular weight excluding hydrogens is 302 g/mol. The second-order valence-electron chi connectivity index (χ2n) is 5.75. The molecule has 3 rings (SSSR count). The lowest BCUT2D eigenvalue weighted by Crippen LogP contribution is -2.11. The molecule has 0 aliphatic carbocycles. The first-order chi connectivity index (χ1) is 11.5. The van der Waals surface area contributed by atoms with Gasteiger partial charge in [0.25, 0.3) is 0 Å². The molecule has 1 aromatic carbocycles. The molecule has 24 heavy (non-hydrogen) atoms. The highest BCUT2D eigenvalue weighted by molar-refractivity contribution is 5.83. The van der Waals surface area contributed by atoms with Crippen LogP contribution in [0.4, 0.5) is 0 Å². The topological polar surface area (TPSA) is 78.9 Å². The smallest absolute Gasteiger partial charge is 0.311 e. The molecule has 0 fully saturated rings. The summed E-state index contributed by atoms with van der Waals surface area (Å²) >= 11 is 0. The fraction of sp³-hybridized carbons (Fsp3) is 0.211. The Bertz CT molecular complexity index is 949. The van der Waals surface area contributed by atoms with Crippen LogP contribution < -0.4 is 0 Å². The van der Waals surface area contributed by atoms with Gasteiger partial charge in [-0.25, -0.2) is 0 Å². The highest BCUT2D eigenvalue weighted by atomic mass is 16.4. The molecule has 5 heteroatoms. The van der Waals surface area contributed by atoms with Crippen molar-refractivity contribution < 1.29 is 9.90 Å². The molecular formula is C19H17N3O2. The molecule has 3 aromatic rings. The molecule has 2 aromatic heterocycles. The predicted molar refractivity (Wildman–Crippen MR) is 91.2 cm³/mol. The highest BCUT2D eigenvalue weighted by Crippen LogP contribution is 2.27.